The average molecular weight is 467 g/mol. The molecule has 4 aromatic heterocycles. The van der Waals surface area contributed by atoms with Crippen molar-refractivity contribution >= 4 is 11.6 Å². The predicted octanol–water partition coefficient (Wildman–Crippen LogP) is 4.35. The second kappa shape index (κ2) is 9.42. The maximum absolute atomic E-state index is 12.7. The van der Waals surface area contributed by atoms with E-state index < -0.39 is 0 Å². The molecule has 0 radical (unpaired) electrons. The lowest BCUT2D eigenvalue weighted by Gasteiger charge is -2.09. The van der Waals surface area contributed by atoms with E-state index in [2.05, 4.69) is 20.4 Å². The standard InChI is InChI=1S/C27H26N6O2/c1-18-7-9-26-30-23(16-32(26)15-18)17-35-24-6-4-5-22(12-24)27(34)29-14-21-8-10-25(28-13-21)33-20(3)11-19(2)31-33/h4-13,15-16H,14,17H2,1-3H3,(H,29,34). The highest BCUT2D eigenvalue weighted by Crippen LogP contribution is 2.16. The summed E-state index contributed by atoms with van der Waals surface area (Å²) in [5.74, 6) is 1.18. The molecular formula is C27H26N6O2. The summed E-state index contributed by atoms with van der Waals surface area (Å²) in [6.07, 6.45) is 5.73. The first-order valence-corrected chi connectivity index (χ1v) is 11.4. The molecule has 8 heteroatoms. The highest BCUT2D eigenvalue weighted by atomic mass is 16.5. The largest absolute Gasteiger partial charge is 0.487 e. The Hall–Kier alpha value is -4.46. The predicted molar refractivity (Wildman–Crippen MR) is 133 cm³/mol. The number of aromatic nitrogens is 5. The Labute approximate surface area is 203 Å². The number of aryl methyl sites for hydroxylation is 3. The average Bonchev–Trinajstić information content (AvgIpc) is 3.42. The number of nitrogens with one attached hydrogen (secondary N) is 1. The molecule has 0 aliphatic rings. The molecule has 35 heavy (non-hydrogen) atoms. The molecule has 0 saturated carbocycles. The van der Waals surface area contributed by atoms with Crippen LogP contribution in [0.4, 0.5) is 0 Å². The molecule has 1 amide bonds. The van der Waals surface area contributed by atoms with Gasteiger partial charge in [-0.1, -0.05) is 18.2 Å². The third-order valence-corrected chi connectivity index (χ3v) is 5.62. The first kappa shape index (κ1) is 22.3. The van der Waals surface area contributed by atoms with Crippen LogP contribution in [-0.2, 0) is 13.2 Å². The molecular weight excluding hydrogens is 440 g/mol. The highest BCUT2D eigenvalue weighted by molar-refractivity contribution is 5.94. The quantitative estimate of drug-likeness (QED) is 0.385. The number of carbonyl (C=O) groups excluding carboxylic acids is 1. The molecule has 0 unspecified atom stereocenters. The highest BCUT2D eigenvalue weighted by Gasteiger charge is 2.09. The van der Waals surface area contributed by atoms with Crippen LogP contribution in [0.1, 0.15) is 38.6 Å². The molecule has 0 aliphatic heterocycles. The van der Waals surface area contributed by atoms with Crippen molar-refractivity contribution in [1.29, 1.82) is 0 Å². The van der Waals surface area contributed by atoms with Crippen LogP contribution in [0, 0.1) is 20.8 Å². The van der Waals surface area contributed by atoms with Gasteiger partial charge in [0.15, 0.2) is 5.82 Å². The summed E-state index contributed by atoms with van der Waals surface area (Å²) in [6, 6.07) is 17.0. The molecule has 176 valence electrons. The van der Waals surface area contributed by atoms with Gasteiger partial charge in [0.25, 0.3) is 5.91 Å². The normalized spacial score (nSPS) is 11.1. The fourth-order valence-electron chi connectivity index (χ4n) is 3.90. The zero-order chi connectivity index (χ0) is 24.4. The topological polar surface area (TPSA) is 86.3 Å². The van der Waals surface area contributed by atoms with E-state index in [1.54, 1.807) is 23.0 Å². The van der Waals surface area contributed by atoms with E-state index >= 15 is 0 Å². The summed E-state index contributed by atoms with van der Waals surface area (Å²) >= 11 is 0. The minimum atomic E-state index is -0.179. The summed E-state index contributed by atoms with van der Waals surface area (Å²) in [4.78, 5) is 21.8. The van der Waals surface area contributed by atoms with Crippen molar-refractivity contribution in [1.82, 2.24) is 29.5 Å². The van der Waals surface area contributed by atoms with Crippen LogP contribution in [0.2, 0.25) is 0 Å². The summed E-state index contributed by atoms with van der Waals surface area (Å²) in [7, 11) is 0. The van der Waals surface area contributed by atoms with Crippen LogP contribution >= 0.6 is 0 Å². The maximum Gasteiger partial charge on any atom is 0.251 e. The van der Waals surface area contributed by atoms with Crippen LogP contribution < -0.4 is 10.1 Å². The SMILES string of the molecule is Cc1ccc2nc(COc3cccc(C(=O)NCc4ccc(-n5nc(C)cc5C)nc4)c3)cn2c1. The van der Waals surface area contributed by atoms with Gasteiger partial charge in [-0.2, -0.15) is 5.10 Å². The van der Waals surface area contributed by atoms with Crippen molar-refractivity contribution in [3.8, 4) is 11.6 Å². The van der Waals surface area contributed by atoms with Gasteiger partial charge in [0.05, 0.1) is 11.4 Å². The molecule has 0 fully saturated rings. The lowest BCUT2D eigenvalue weighted by atomic mass is 10.2. The Morgan fingerprint density at radius 3 is 2.69 bits per heavy atom. The van der Waals surface area contributed by atoms with Crippen molar-refractivity contribution in [3.63, 3.8) is 0 Å². The Morgan fingerprint density at radius 2 is 1.91 bits per heavy atom. The number of rotatable bonds is 7. The van der Waals surface area contributed by atoms with Crippen LogP contribution in [0.25, 0.3) is 11.5 Å². The fraction of sp³-hybridized carbons (Fsp3) is 0.185. The molecule has 5 rings (SSSR count). The van der Waals surface area contributed by atoms with E-state index in [1.807, 2.05) is 80.0 Å². The lowest BCUT2D eigenvalue weighted by Crippen LogP contribution is -2.22. The van der Waals surface area contributed by atoms with Gasteiger partial charge in [-0.25, -0.2) is 14.6 Å². The van der Waals surface area contributed by atoms with Crippen molar-refractivity contribution in [2.45, 2.75) is 33.9 Å². The van der Waals surface area contributed by atoms with Gasteiger partial charge in [-0.05, 0) is 68.3 Å². The Balaban J connectivity index is 1.19. The molecule has 4 heterocycles. The molecule has 0 atom stereocenters. The van der Waals surface area contributed by atoms with E-state index in [0.29, 0.717) is 24.5 Å². The maximum atomic E-state index is 12.7. The van der Waals surface area contributed by atoms with Gasteiger partial charge in [0.1, 0.15) is 18.0 Å². The van der Waals surface area contributed by atoms with E-state index in [4.69, 9.17) is 4.74 Å². The number of fused-ring (bicyclic) bond motifs is 1. The van der Waals surface area contributed by atoms with E-state index in [1.165, 1.54) is 0 Å². The van der Waals surface area contributed by atoms with Crippen molar-refractivity contribution in [2.24, 2.45) is 0 Å². The number of carbonyl (C=O) groups is 1. The van der Waals surface area contributed by atoms with Gasteiger partial charge in [-0.3, -0.25) is 4.79 Å². The van der Waals surface area contributed by atoms with Crippen molar-refractivity contribution in [3.05, 3.63) is 107 Å². The Kier molecular flexibility index (Phi) is 6.01. The monoisotopic (exact) mass is 466 g/mol. The second-order valence-electron chi connectivity index (χ2n) is 8.57. The van der Waals surface area contributed by atoms with E-state index in [-0.39, 0.29) is 5.91 Å². The summed E-state index contributed by atoms with van der Waals surface area (Å²) in [6.45, 7) is 6.67. The number of hydrogen-bond acceptors (Lipinski definition) is 5. The molecule has 0 spiro atoms. The number of ether oxygens (including phenoxy) is 1. The first-order valence-electron chi connectivity index (χ1n) is 11.4. The van der Waals surface area contributed by atoms with Gasteiger partial charge in [-0.15, -0.1) is 0 Å². The molecule has 8 nitrogen and oxygen atoms in total. The van der Waals surface area contributed by atoms with Crippen LogP contribution in [0.5, 0.6) is 5.75 Å². The summed E-state index contributed by atoms with van der Waals surface area (Å²) < 4.78 is 9.68. The molecule has 1 aromatic carbocycles. The number of imidazole rings is 1. The third-order valence-electron chi connectivity index (χ3n) is 5.62. The molecule has 0 bridgehead atoms. The number of benzene rings is 1. The minimum Gasteiger partial charge on any atom is -0.487 e. The fourth-order valence-corrected chi connectivity index (χ4v) is 3.90. The molecule has 5 aromatic rings. The van der Waals surface area contributed by atoms with Crippen LogP contribution in [0.15, 0.2) is 73.2 Å². The number of nitrogens with zero attached hydrogens (tertiary/aromatic N) is 5. The van der Waals surface area contributed by atoms with Crippen molar-refractivity contribution < 1.29 is 9.53 Å². The smallest absolute Gasteiger partial charge is 0.251 e. The van der Waals surface area contributed by atoms with E-state index in [0.717, 1.165) is 39.7 Å². The number of amides is 1. The summed E-state index contributed by atoms with van der Waals surface area (Å²) in [5, 5.41) is 7.39. The molecule has 0 aliphatic carbocycles. The zero-order valence-corrected chi connectivity index (χ0v) is 19.9. The van der Waals surface area contributed by atoms with E-state index in [9.17, 15) is 4.79 Å². The minimum absolute atomic E-state index is 0.179. The molecule has 0 saturated heterocycles. The second-order valence-corrected chi connectivity index (χ2v) is 8.57. The Morgan fingerprint density at radius 1 is 1.03 bits per heavy atom. The van der Waals surface area contributed by atoms with Gasteiger partial charge in [0, 0.05) is 36.4 Å². The van der Waals surface area contributed by atoms with Gasteiger partial charge < -0.3 is 14.5 Å². The third kappa shape index (κ3) is 5.06. The number of pyridine rings is 2. The first-order chi connectivity index (χ1) is 16.9. The van der Waals surface area contributed by atoms with Crippen molar-refractivity contribution in [2.75, 3.05) is 0 Å². The molecule has 1 N–H and O–H groups in total. The lowest BCUT2D eigenvalue weighted by molar-refractivity contribution is 0.0950. The summed E-state index contributed by atoms with van der Waals surface area (Å²) in [5.41, 5.74) is 6.26. The van der Waals surface area contributed by atoms with Gasteiger partial charge in [0.2, 0.25) is 0 Å². The number of hydrogen-bond donors (Lipinski definition) is 1. The van der Waals surface area contributed by atoms with Crippen LogP contribution in [-0.4, -0.2) is 30.1 Å². The van der Waals surface area contributed by atoms with Crippen LogP contribution in [0.3, 0.4) is 0 Å². The zero-order valence-electron chi connectivity index (χ0n) is 19.9. The van der Waals surface area contributed by atoms with Gasteiger partial charge >= 0.3 is 0 Å². The Bertz CT molecular complexity index is 1500.